The van der Waals surface area contributed by atoms with Crippen molar-refractivity contribution in [2.75, 3.05) is 51.1 Å². The molecule has 0 aliphatic carbocycles. The number of carbonyl (C=O) groups is 1. The zero-order chi connectivity index (χ0) is 19.5. The molecule has 2 rings (SSSR count). The Hall–Kier alpha value is -2.30. The van der Waals surface area contributed by atoms with E-state index in [-0.39, 0.29) is 12.1 Å². The number of aryl methyl sites for hydroxylation is 1. The van der Waals surface area contributed by atoms with E-state index in [9.17, 15) is 10.1 Å². The van der Waals surface area contributed by atoms with Gasteiger partial charge in [-0.3, -0.25) is 0 Å². The first kappa shape index (κ1) is 20.0. The van der Waals surface area contributed by atoms with Crippen molar-refractivity contribution < 1.29 is 14.3 Å². The van der Waals surface area contributed by atoms with Crippen molar-refractivity contribution in [2.24, 2.45) is 0 Å². The first-order chi connectivity index (χ1) is 12.2. The van der Waals surface area contributed by atoms with Crippen LogP contribution in [0.3, 0.4) is 0 Å². The maximum atomic E-state index is 12.8. The zero-order valence-electron chi connectivity index (χ0n) is 16.4. The van der Waals surface area contributed by atoms with Crippen LogP contribution in [0, 0.1) is 18.3 Å². The van der Waals surface area contributed by atoms with Gasteiger partial charge in [0, 0.05) is 26.9 Å². The van der Waals surface area contributed by atoms with Crippen molar-refractivity contribution in [2.45, 2.75) is 32.5 Å². The van der Waals surface area contributed by atoms with Crippen LogP contribution in [-0.4, -0.2) is 63.5 Å². The number of carbonyl (C=O) groups excluding carboxylic acids is 1. The fourth-order valence-electron chi connectivity index (χ4n) is 3.29. The van der Waals surface area contributed by atoms with Gasteiger partial charge in [0.15, 0.2) is 0 Å². The maximum Gasteiger partial charge on any atom is 0.322 e. The molecule has 0 bridgehead atoms. The summed E-state index contributed by atoms with van der Waals surface area (Å²) in [4.78, 5) is 16.5. The molecule has 1 atom stereocenters. The average molecular weight is 360 g/mol. The molecule has 1 aromatic carbocycles. The lowest BCUT2D eigenvalue weighted by atomic mass is 10.1. The summed E-state index contributed by atoms with van der Waals surface area (Å²) in [7, 11) is 5.46. The standard InChI is InChI=1S/C19H28N4O3/c1-13-7-16(14(9-20)8-17(13)22(4)5)21-18(24)23-10-15(11-25-6)26-19(2,3)12-23/h7-8,15H,10-12H2,1-6H3,(H,21,24). The van der Waals surface area contributed by atoms with Crippen molar-refractivity contribution >= 4 is 17.4 Å². The molecule has 1 unspecified atom stereocenters. The molecule has 1 heterocycles. The number of benzene rings is 1. The van der Waals surface area contributed by atoms with E-state index < -0.39 is 5.60 Å². The van der Waals surface area contributed by atoms with Gasteiger partial charge in [-0.2, -0.15) is 5.26 Å². The molecule has 2 amide bonds. The molecule has 7 nitrogen and oxygen atoms in total. The highest BCUT2D eigenvalue weighted by Crippen LogP contribution is 2.27. The molecule has 1 saturated heterocycles. The predicted molar refractivity (Wildman–Crippen MR) is 102 cm³/mol. The van der Waals surface area contributed by atoms with Crippen LogP contribution < -0.4 is 10.2 Å². The number of hydrogen-bond acceptors (Lipinski definition) is 5. The first-order valence-electron chi connectivity index (χ1n) is 8.61. The van der Waals surface area contributed by atoms with Gasteiger partial charge in [0.1, 0.15) is 6.07 Å². The van der Waals surface area contributed by atoms with Gasteiger partial charge in [-0.25, -0.2) is 4.79 Å². The van der Waals surface area contributed by atoms with E-state index in [2.05, 4.69) is 11.4 Å². The van der Waals surface area contributed by atoms with E-state index in [4.69, 9.17) is 9.47 Å². The number of anilines is 2. The van der Waals surface area contributed by atoms with Gasteiger partial charge in [0.25, 0.3) is 0 Å². The van der Waals surface area contributed by atoms with Crippen LogP contribution in [0.4, 0.5) is 16.2 Å². The second-order valence-electron chi connectivity index (χ2n) is 7.46. The van der Waals surface area contributed by atoms with Crippen molar-refractivity contribution in [3.05, 3.63) is 23.3 Å². The lowest BCUT2D eigenvalue weighted by molar-refractivity contribution is -0.141. The second kappa shape index (κ2) is 7.94. The van der Waals surface area contributed by atoms with Crippen LogP contribution >= 0.6 is 0 Å². The smallest absolute Gasteiger partial charge is 0.322 e. The van der Waals surface area contributed by atoms with Crippen molar-refractivity contribution in [3.8, 4) is 6.07 Å². The molecule has 1 aliphatic rings. The highest BCUT2D eigenvalue weighted by atomic mass is 16.5. The van der Waals surface area contributed by atoms with Gasteiger partial charge >= 0.3 is 6.03 Å². The Balaban J connectivity index is 2.21. The summed E-state index contributed by atoms with van der Waals surface area (Å²) in [5, 5.41) is 12.4. The van der Waals surface area contributed by atoms with Gasteiger partial charge in [-0.15, -0.1) is 0 Å². The summed E-state index contributed by atoms with van der Waals surface area (Å²) in [5.41, 5.74) is 2.44. The lowest BCUT2D eigenvalue weighted by Crippen LogP contribution is -2.56. The minimum absolute atomic E-state index is 0.178. The summed E-state index contributed by atoms with van der Waals surface area (Å²) < 4.78 is 11.1. The van der Waals surface area contributed by atoms with E-state index in [1.165, 1.54) is 0 Å². The van der Waals surface area contributed by atoms with Gasteiger partial charge in [-0.1, -0.05) is 0 Å². The van der Waals surface area contributed by atoms with Gasteiger partial charge in [0.05, 0.1) is 42.7 Å². The lowest BCUT2D eigenvalue weighted by Gasteiger charge is -2.42. The summed E-state index contributed by atoms with van der Waals surface area (Å²) >= 11 is 0. The van der Waals surface area contributed by atoms with E-state index in [0.29, 0.717) is 30.9 Å². The molecule has 1 fully saturated rings. The molecular weight excluding hydrogens is 332 g/mol. The Morgan fingerprint density at radius 3 is 2.77 bits per heavy atom. The average Bonchev–Trinajstić information content (AvgIpc) is 2.53. The number of nitrogens with one attached hydrogen (secondary N) is 1. The SMILES string of the molecule is COCC1CN(C(=O)Nc2cc(C)c(N(C)C)cc2C#N)CC(C)(C)O1. The molecule has 142 valence electrons. The third-order valence-electron chi connectivity index (χ3n) is 4.30. The number of rotatable bonds is 4. The van der Waals surface area contributed by atoms with Crippen LogP contribution in [0.2, 0.25) is 0 Å². The molecule has 1 aromatic rings. The fraction of sp³-hybridized carbons (Fsp3) is 0.579. The van der Waals surface area contributed by atoms with Crippen molar-refractivity contribution in [1.29, 1.82) is 5.26 Å². The van der Waals surface area contributed by atoms with E-state index in [1.807, 2.05) is 45.8 Å². The normalized spacial score (nSPS) is 19.0. The molecule has 0 aromatic heterocycles. The minimum Gasteiger partial charge on any atom is -0.382 e. The Labute approximate surface area is 155 Å². The Bertz CT molecular complexity index is 709. The number of nitriles is 1. The molecular formula is C19H28N4O3. The van der Waals surface area contributed by atoms with Crippen LogP contribution in [-0.2, 0) is 9.47 Å². The van der Waals surface area contributed by atoms with Crippen LogP contribution in [0.15, 0.2) is 12.1 Å². The molecule has 1 aliphatic heterocycles. The van der Waals surface area contributed by atoms with Gasteiger partial charge < -0.3 is 24.6 Å². The zero-order valence-corrected chi connectivity index (χ0v) is 16.4. The highest BCUT2D eigenvalue weighted by molar-refractivity contribution is 5.91. The van der Waals surface area contributed by atoms with Crippen molar-refractivity contribution in [1.82, 2.24) is 4.90 Å². The summed E-state index contributed by atoms with van der Waals surface area (Å²) in [6.45, 7) is 7.19. The van der Waals surface area contributed by atoms with E-state index in [0.717, 1.165) is 11.3 Å². The first-order valence-corrected chi connectivity index (χ1v) is 8.61. The number of hydrogen-bond donors (Lipinski definition) is 1. The number of methoxy groups -OCH3 is 1. The highest BCUT2D eigenvalue weighted by Gasteiger charge is 2.35. The third-order valence-corrected chi connectivity index (χ3v) is 4.30. The topological polar surface area (TPSA) is 77.8 Å². The fourth-order valence-corrected chi connectivity index (χ4v) is 3.29. The van der Waals surface area contributed by atoms with E-state index in [1.54, 1.807) is 18.1 Å². The number of urea groups is 1. The van der Waals surface area contributed by atoms with Gasteiger partial charge in [-0.05, 0) is 38.5 Å². The minimum atomic E-state index is -0.457. The molecule has 1 N–H and O–H groups in total. The second-order valence-corrected chi connectivity index (χ2v) is 7.46. The van der Waals surface area contributed by atoms with Gasteiger partial charge in [0.2, 0.25) is 0 Å². The number of ether oxygens (including phenoxy) is 2. The Morgan fingerprint density at radius 2 is 2.19 bits per heavy atom. The third kappa shape index (κ3) is 4.65. The number of amides is 2. The number of nitrogens with zero attached hydrogens (tertiary/aromatic N) is 3. The number of morpholine rings is 1. The summed E-state index contributed by atoms with van der Waals surface area (Å²) in [6.07, 6.45) is -0.178. The largest absolute Gasteiger partial charge is 0.382 e. The molecule has 0 radical (unpaired) electrons. The molecule has 26 heavy (non-hydrogen) atoms. The van der Waals surface area contributed by atoms with E-state index >= 15 is 0 Å². The molecule has 0 spiro atoms. The van der Waals surface area contributed by atoms with Crippen LogP contribution in [0.1, 0.15) is 25.0 Å². The predicted octanol–water partition coefficient (Wildman–Crippen LogP) is 2.59. The quantitative estimate of drug-likeness (QED) is 0.893. The monoisotopic (exact) mass is 360 g/mol. The van der Waals surface area contributed by atoms with Crippen molar-refractivity contribution in [3.63, 3.8) is 0 Å². The summed E-state index contributed by atoms with van der Waals surface area (Å²) in [6, 6.07) is 5.56. The van der Waals surface area contributed by atoms with Crippen LogP contribution in [0.25, 0.3) is 0 Å². The molecule has 0 saturated carbocycles. The summed E-state index contributed by atoms with van der Waals surface area (Å²) in [5.74, 6) is 0. The maximum absolute atomic E-state index is 12.8. The van der Waals surface area contributed by atoms with Crippen LogP contribution in [0.5, 0.6) is 0 Å². The Kier molecular flexibility index (Phi) is 6.11. The Morgan fingerprint density at radius 1 is 1.50 bits per heavy atom. The molecule has 7 heteroatoms.